The van der Waals surface area contributed by atoms with Crippen LogP contribution in [0, 0.1) is 0 Å². The quantitative estimate of drug-likeness (QED) is 0.664. The number of nitrogens with zero attached hydrogens (tertiary/aromatic N) is 2. The van der Waals surface area contributed by atoms with Crippen LogP contribution in [0.2, 0.25) is 0 Å². The van der Waals surface area contributed by atoms with Crippen molar-refractivity contribution in [3.05, 3.63) is 83.8 Å². The van der Waals surface area contributed by atoms with Gasteiger partial charge in [-0.05, 0) is 42.8 Å². The van der Waals surface area contributed by atoms with Crippen molar-refractivity contribution in [1.82, 2.24) is 15.3 Å². The number of carbonyl (C=O) groups excluding carboxylic acids is 1. The Kier molecular flexibility index (Phi) is 6.35. The van der Waals surface area contributed by atoms with Crippen molar-refractivity contribution >= 4 is 5.91 Å². The Labute approximate surface area is 158 Å². The number of aromatic nitrogens is 2. The molecule has 6 nitrogen and oxygen atoms in total. The maximum absolute atomic E-state index is 12.4. The number of nitrogens with one attached hydrogen (secondary N) is 1. The zero-order valence-corrected chi connectivity index (χ0v) is 15.1. The lowest BCUT2D eigenvalue weighted by Gasteiger charge is -2.09. The lowest BCUT2D eigenvalue weighted by Crippen LogP contribution is -2.22. The Morgan fingerprint density at radius 3 is 2.78 bits per heavy atom. The molecule has 1 aromatic carbocycles. The highest BCUT2D eigenvalue weighted by atomic mass is 16.5. The van der Waals surface area contributed by atoms with Gasteiger partial charge in [-0.2, -0.15) is 0 Å². The first-order valence-corrected chi connectivity index (χ1v) is 8.72. The Hall–Kier alpha value is -3.41. The molecule has 0 radical (unpaired) electrons. The van der Waals surface area contributed by atoms with Crippen LogP contribution in [0.4, 0.5) is 0 Å². The van der Waals surface area contributed by atoms with Crippen LogP contribution in [0.3, 0.4) is 0 Å². The summed E-state index contributed by atoms with van der Waals surface area (Å²) in [6.45, 7) is 3.24. The van der Waals surface area contributed by atoms with Gasteiger partial charge in [0.05, 0.1) is 6.61 Å². The Morgan fingerprint density at radius 2 is 1.96 bits per heavy atom. The molecule has 6 heteroatoms. The molecule has 0 aliphatic heterocycles. The summed E-state index contributed by atoms with van der Waals surface area (Å²) < 4.78 is 11.1. The number of ether oxygens (including phenoxy) is 2. The molecule has 0 unspecified atom stereocenters. The van der Waals surface area contributed by atoms with Gasteiger partial charge in [-0.15, -0.1) is 0 Å². The number of pyridine rings is 2. The highest BCUT2D eigenvalue weighted by Gasteiger charge is 2.07. The normalized spacial score (nSPS) is 10.3. The van der Waals surface area contributed by atoms with E-state index in [0.29, 0.717) is 37.0 Å². The lowest BCUT2D eigenvalue weighted by atomic mass is 10.2. The predicted octanol–water partition coefficient (Wildman–Crippen LogP) is 3.38. The number of carbonyl (C=O) groups is 1. The number of rotatable bonds is 8. The monoisotopic (exact) mass is 363 g/mol. The molecular formula is C21H21N3O3. The highest BCUT2D eigenvalue weighted by Crippen LogP contribution is 2.15. The van der Waals surface area contributed by atoms with Crippen LogP contribution < -0.4 is 14.8 Å². The van der Waals surface area contributed by atoms with E-state index in [1.54, 1.807) is 36.8 Å². The van der Waals surface area contributed by atoms with Gasteiger partial charge in [-0.1, -0.05) is 12.1 Å². The van der Waals surface area contributed by atoms with Crippen molar-refractivity contribution in [2.75, 3.05) is 6.61 Å². The van der Waals surface area contributed by atoms with E-state index in [4.69, 9.17) is 9.47 Å². The second kappa shape index (κ2) is 9.33. The average molecular weight is 363 g/mol. The fourth-order valence-electron chi connectivity index (χ4n) is 2.45. The summed E-state index contributed by atoms with van der Waals surface area (Å²) in [5.41, 5.74) is 2.43. The lowest BCUT2D eigenvalue weighted by molar-refractivity contribution is 0.0950. The van der Waals surface area contributed by atoms with Gasteiger partial charge in [0.25, 0.3) is 5.91 Å². The molecule has 3 aromatic rings. The number of hydrogen-bond donors (Lipinski definition) is 1. The Bertz CT molecular complexity index is 885. The molecular weight excluding hydrogens is 342 g/mol. The number of amides is 1. The summed E-state index contributed by atoms with van der Waals surface area (Å²) in [5.74, 6) is 1.01. The fraction of sp³-hybridized carbons (Fsp3) is 0.190. The summed E-state index contributed by atoms with van der Waals surface area (Å²) in [6, 6.07) is 14.6. The third-order valence-electron chi connectivity index (χ3n) is 3.77. The van der Waals surface area contributed by atoms with Gasteiger partial charge in [0.1, 0.15) is 12.4 Å². The van der Waals surface area contributed by atoms with Crippen LogP contribution >= 0.6 is 0 Å². The van der Waals surface area contributed by atoms with Crippen LogP contribution in [0.5, 0.6) is 11.6 Å². The van der Waals surface area contributed by atoms with Crippen LogP contribution in [-0.2, 0) is 13.2 Å². The van der Waals surface area contributed by atoms with E-state index in [1.807, 2.05) is 37.3 Å². The molecule has 0 bridgehead atoms. The topological polar surface area (TPSA) is 73.3 Å². The minimum Gasteiger partial charge on any atom is -0.489 e. The summed E-state index contributed by atoms with van der Waals surface area (Å²) >= 11 is 0. The third kappa shape index (κ3) is 5.54. The van der Waals surface area contributed by atoms with E-state index >= 15 is 0 Å². The van der Waals surface area contributed by atoms with E-state index in [-0.39, 0.29) is 5.91 Å². The SMILES string of the molecule is CCOc1cc(CNC(=O)c2cccc(OCc3cccnc3)c2)ccn1. The van der Waals surface area contributed by atoms with E-state index in [0.717, 1.165) is 11.1 Å². The molecule has 0 saturated heterocycles. The first-order valence-electron chi connectivity index (χ1n) is 8.72. The molecule has 0 saturated carbocycles. The van der Waals surface area contributed by atoms with Crippen LogP contribution in [-0.4, -0.2) is 22.5 Å². The fourth-order valence-corrected chi connectivity index (χ4v) is 2.45. The first-order chi connectivity index (χ1) is 13.2. The zero-order chi connectivity index (χ0) is 18.9. The Morgan fingerprint density at radius 1 is 1.04 bits per heavy atom. The smallest absolute Gasteiger partial charge is 0.251 e. The van der Waals surface area contributed by atoms with Gasteiger partial charge in [0.2, 0.25) is 5.88 Å². The predicted molar refractivity (Wildman–Crippen MR) is 102 cm³/mol. The standard InChI is InChI=1S/C21H21N3O3/c1-2-26-20-11-16(8-10-23-20)14-24-21(25)18-6-3-7-19(12-18)27-15-17-5-4-9-22-13-17/h3-13H,2,14-15H2,1H3,(H,24,25). The molecule has 2 heterocycles. The molecule has 138 valence electrons. The molecule has 0 aliphatic carbocycles. The van der Waals surface area contributed by atoms with Crippen molar-refractivity contribution in [3.63, 3.8) is 0 Å². The largest absolute Gasteiger partial charge is 0.489 e. The number of hydrogen-bond acceptors (Lipinski definition) is 5. The molecule has 27 heavy (non-hydrogen) atoms. The summed E-state index contributed by atoms with van der Waals surface area (Å²) in [5, 5.41) is 2.90. The summed E-state index contributed by atoms with van der Waals surface area (Å²) in [6.07, 6.45) is 5.13. The van der Waals surface area contributed by atoms with Crippen LogP contribution in [0.15, 0.2) is 67.1 Å². The van der Waals surface area contributed by atoms with Crippen LogP contribution in [0.1, 0.15) is 28.4 Å². The Balaban J connectivity index is 1.57. The van der Waals surface area contributed by atoms with Crippen molar-refractivity contribution in [1.29, 1.82) is 0 Å². The second-order valence-electron chi connectivity index (χ2n) is 5.80. The molecule has 1 N–H and O–H groups in total. The maximum atomic E-state index is 12.4. The third-order valence-corrected chi connectivity index (χ3v) is 3.77. The minimum absolute atomic E-state index is 0.170. The molecule has 2 aromatic heterocycles. The molecule has 0 fully saturated rings. The van der Waals surface area contributed by atoms with Gasteiger partial charge >= 0.3 is 0 Å². The van der Waals surface area contributed by atoms with Gasteiger partial charge in [0.15, 0.2) is 0 Å². The van der Waals surface area contributed by atoms with Gasteiger partial charge in [0, 0.05) is 42.3 Å². The highest BCUT2D eigenvalue weighted by molar-refractivity contribution is 5.94. The van der Waals surface area contributed by atoms with E-state index in [2.05, 4.69) is 15.3 Å². The van der Waals surface area contributed by atoms with Crippen molar-refractivity contribution in [2.45, 2.75) is 20.1 Å². The molecule has 3 rings (SSSR count). The van der Waals surface area contributed by atoms with E-state index < -0.39 is 0 Å². The molecule has 0 atom stereocenters. The van der Waals surface area contributed by atoms with E-state index in [9.17, 15) is 4.79 Å². The molecule has 0 spiro atoms. The minimum atomic E-state index is -0.170. The van der Waals surface area contributed by atoms with Gasteiger partial charge in [-0.25, -0.2) is 4.98 Å². The molecule has 1 amide bonds. The van der Waals surface area contributed by atoms with Gasteiger partial charge < -0.3 is 14.8 Å². The summed E-state index contributed by atoms with van der Waals surface area (Å²) in [4.78, 5) is 20.6. The van der Waals surface area contributed by atoms with E-state index in [1.165, 1.54) is 0 Å². The average Bonchev–Trinajstić information content (AvgIpc) is 2.72. The first kappa shape index (κ1) is 18.4. The maximum Gasteiger partial charge on any atom is 0.251 e. The number of benzene rings is 1. The molecule has 0 aliphatic rings. The summed E-state index contributed by atoms with van der Waals surface area (Å²) in [7, 11) is 0. The second-order valence-corrected chi connectivity index (χ2v) is 5.80. The van der Waals surface area contributed by atoms with Gasteiger partial charge in [-0.3, -0.25) is 9.78 Å². The van der Waals surface area contributed by atoms with Crippen molar-refractivity contribution in [3.8, 4) is 11.6 Å². The zero-order valence-electron chi connectivity index (χ0n) is 15.1. The van der Waals surface area contributed by atoms with Crippen molar-refractivity contribution in [2.24, 2.45) is 0 Å². The van der Waals surface area contributed by atoms with Crippen LogP contribution in [0.25, 0.3) is 0 Å². The van der Waals surface area contributed by atoms with Crippen molar-refractivity contribution < 1.29 is 14.3 Å².